The topological polar surface area (TPSA) is 73.8 Å². The Bertz CT molecular complexity index is 1560. The quantitative estimate of drug-likeness (QED) is 0.282. The smallest absolute Gasteiger partial charge is 0.264 e. The van der Waals surface area contributed by atoms with Crippen LogP contribution in [0.5, 0.6) is 0 Å². The number of aryl methyl sites for hydroxylation is 1. The molecule has 1 aromatic heterocycles. The molecule has 0 saturated carbocycles. The summed E-state index contributed by atoms with van der Waals surface area (Å²) in [5.74, 6) is -0.191. The van der Waals surface area contributed by atoms with Crippen LogP contribution >= 0.6 is 11.3 Å². The Morgan fingerprint density at radius 1 is 1.00 bits per heavy atom. The second-order valence-electron chi connectivity index (χ2n) is 9.43. The van der Waals surface area contributed by atoms with Crippen molar-refractivity contribution in [3.63, 3.8) is 0 Å². The Kier molecular flexibility index (Phi) is 7.52. The van der Waals surface area contributed by atoms with E-state index in [1.165, 1.54) is 27.8 Å². The molecule has 3 aromatic carbocycles. The minimum atomic E-state index is -3.73. The van der Waals surface area contributed by atoms with Crippen LogP contribution in [0.3, 0.4) is 0 Å². The van der Waals surface area contributed by atoms with Crippen LogP contribution in [0.15, 0.2) is 71.6 Å². The molecule has 38 heavy (non-hydrogen) atoms. The Labute approximate surface area is 228 Å². The van der Waals surface area contributed by atoms with Gasteiger partial charge in [0.1, 0.15) is 0 Å². The number of carbonyl (C=O) groups excluding carboxylic acids is 1. The van der Waals surface area contributed by atoms with Crippen molar-refractivity contribution >= 4 is 48.3 Å². The van der Waals surface area contributed by atoms with Gasteiger partial charge in [0, 0.05) is 25.2 Å². The Morgan fingerprint density at radius 2 is 1.74 bits per heavy atom. The molecule has 1 amide bonds. The van der Waals surface area contributed by atoms with Gasteiger partial charge in [-0.1, -0.05) is 49.4 Å². The maximum absolute atomic E-state index is 13.8. The minimum Gasteiger partial charge on any atom is -0.302 e. The third kappa shape index (κ3) is 5.06. The second-order valence-corrected chi connectivity index (χ2v) is 12.3. The fraction of sp³-hybridized carbons (Fsp3) is 0.310. The predicted octanol–water partition coefficient (Wildman–Crippen LogP) is 5.34. The normalized spacial score (nSPS) is 13.3. The number of anilines is 2. The summed E-state index contributed by atoms with van der Waals surface area (Å²) >= 11 is 1.50. The van der Waals surface area contributed by atoms with Gasteiger partial charge in [-0.3, -0.25) is 14.0 Å². The van der Waals surface area contributed by atoms with Gasteiger partial charge in [0.15, 0.2) is 5.13 Å². The molecule has 1 aliphatic heterocycles. The lowest BCUT2D eigenvalue weighted by molar-refractivity contribution is 0.0983. The summed E-state index contributed by atoms with van der Waals surface area (Å²) < 4.78 is 29.3. The largest absolute Gasteiger partial charge is 0.302 e. The number of likely N-dealkylation sites (N-methyl/N-ethyl adjacent to an activating group) is 1. The molecule has 0 saturated heterocycles. The monoisotopic (exact) mass is 548 g/mol. The minimum absolute atomic E-state index is 0.177. The van der Waals surface area contributed by atoms with Crippen molar-refractivity contribution in [2.45, 2.75) is 32.1 Å². The van der Waals surface area contributed by atoms with E-state index in [9.17, 15) is 13.2 Å². The van der Waals surface area contributed by atoms with Gasteiger partial charge in [-0.25, -0.2) is 13.4 Å². The number of rotatable bonds is 9. The van der Waals surface area contributed by atoms with E-state index in [4.69, 9.17) is 4.98 Å². The number of hydrogen-bond donors (Lipinski definition) is 0. The lowest BCUT2D eigenvalue weighted by Crippen LogP contribution is -2.39. The Morgan fingerprint density at radius 3 is 2.47 bits per heavy atom. The molecule has 0 N–H and O–H groups in total. The highest BCUT2D eigenvalue weighted by Crippen LogP contribution is 2.33. The van der Waals surface area contributed by atoms with Crippen LogP contribution in [0.2, 0.25) is 0 Å². The van der Waals surface area contributed by atoms with Crippen LogP contribution in [0.1, 0.15) is 35.3 Å². The van der Waals surface area contributed by atoms with Crippen LogP contribution in [-0.4, -0.2) is 56.9 Å². The van der Waals surface area contributed by atoms with Crippen LogP contribution < -0.4 is 9.21 Å². The van der Waals surface area contributed by atoms with E-state index in [0.717, 1.165) is 40.1 Å². The zero-order chi connectivity index (χ0) is 26.9. The Hall–Kier alpha value is -3.27. The Balaban J connectivity index is 1.43. The second kappa shape index (κ2) is 10.8. The van der Waals surface area contributed by atoms with Crippen LogP contribution in [-0.2, 0) is 16.4 Å². The number of nitrogens with zero attached hydrogens (tertiary/aromatic N) is 4. The fourth-order valence-electron chi connectivity index (χ4n) is 4.81. The summed E-state index contributed by atoms with van der Waals surface area (Å²) in [5.41, 5.74) is 4.19. The van der Waals surface area contributed by atoms with Crippen LogP contribution in [0, 0.1) is 6.92 Å². The van der Waals surface area contributed by atoms with Gasteiger partial charge in [-0.2, -0.15) is 0 Å². The van der Waals surface area contributed by atoms with Gasteiger partial charge >= 0.3 is 0 Å². The molecule has 7 nitrogen and oxygen atoms in total. The molecule has 0 unspecified atom stereocenters. The molecule has 198 valence electrons. The van der Waals surface area contributed by atoms with E-state index in [-0.39, 0.29) is 10.8 Å². The van der Waals surface area contributed by atoms with Crippen molar-refractivity contribution in [1.82, 2.24) is 9.88 Å². The van der Waals surface area contributed by atoms with Crippen molar-refractivity contribution in [1.29, 1.82) is 0 Å². The van der Waals surface area contributed by atoms with Crippen molar-refractivity contribution in [3.05, 3.63) is 83.4 Å². The molecule has 0 spiro atoms. The zero-order valence-electron chi connectivity index (χ0n) is 21.9. The number of aromatic nitrogens is 1. The maximum atomic E-state index is 13.8. The molecule has 5 rings (SSSR count). The highest BCUT2D eigenvalue weighted by molar-refractivity contribution is 7.92. The van der Waals surface area contributed by atoms with E-state index in [0.29, 0.717) is 36.8 Å². The van der Waals surface area contributed by atoms with Gasteiger partial charge in [-0.15, -0.1) is 0 Å². The van der Waals surface area contributed by atoms with Gasteiger partial charge in [0.25, 0.3) is 15.9 Å². The molecular weight excluding hydrogens is 516 g/mol. The zero-order valence-corrected chi connectivity index (χ0v) is 23.6. The number of thiazole rings is 1. The number of sulfonamides is 1. The molecule has 2 heterocycles. The van der Waals surface area contributed by atoms with Crippen molar-refractivity contribution in [3.8, 4) is 0 Å². The molecule has 0 bridgehead atoms. The molecular formula is C29H32N4O3S2. The molecule has 0 fully saturated rings. The summed E-state index contributed by atoms with van der Waals surface area (Å²) in [6.07, 6.45) is 0.690. The number of fused-ring (bicyclic) bond motifs is 2. The predicted molar refractivity (Wildman–Crippen MR) is 155 cm³/mol. The van der Waals surface area contributed by atoms with E-state index >= 15 is 0 Å². The fourth-order valence-corrected chi connectivity index (χ4v) is 7.40. The number of carbonyl (C=O) groups is 1. The highest BCUT2D eigenvalue weighted by Gasteiger charge is 2.31. The summed E-state index contributed by atoms with van der Waals surface area (Å²) in [6.45, 7) is 9.66. The first-order chi connectivity index (χ1) is 18.3. The average Bonchev–Trinajstić information content (AvgIpc) is 3.55. The molecule has 0 aliphatic carbocycles. The summed E-state index contributed by atoms with van der Waals surface area (Å²) in [7, 11) is -3.73. The lowest BCUT2D eigenvalue weighted by Gasteiger charge is -2.25. The highest BCUT2D eigenvalue weighted by atomic mass is 32.2. The first kappa shape index (κ1) is 26.3. The number of amides is 1. The van der Waals surface area contributed by atoms with Crippen LogP contribution in [0.25, 0.3) is 10.2 Å². The average molecular weight is 549 g/mol. The molecule has 0 radical (unpaired) electrons. The van der Waals surface area contributed by atoms with Crippen molar-refractivity contribution < 1.29 is 13.2 Å². The molecule has 4 aromatic rings. The number of hydrogen-bond acceptors (Lipinski definition) is 6. The molecule has 9 heteroatoms. The maximum Gasteiger partial charge on any atom is 0.264 e. The van der Waals surface area contributed by atoms with Crippen molar-refractivity contribution in [2.24, 2.45) is 0 Å². The van der Waals surface area contributed by atoms with E-state index < -0.39 is 10.0 Å². The molecule has 1 aliphatic rings. The number of para-hydroxylation sites is 1. The SMILES string of the molecule is CCN(CC)CCN(C(=O)c1ccc(S(=O)(=O)N2CCc3ccccc32)cc1)c1nc2ccc(C)cc2s1. The molecule has 0 atom stereocenters. The van der Waals surface area contributed by atoms with E-state index in [1.807, 2.05) is 43.3 Å². The van der Waals surface area contributed by atoms with Crippen molar-refractivity contribution in [2.75, 3.05) is 41.9 Å². The van der Waals surface area contributed by atoms with Crippen LogP contribution in [0.4, 0.5) is 10.8 Å². The summed E-state index contributed by atoms with van der Waals surface area (Å²) in [5, 5.41) is 0.646. The summed E-state index contributed by atoms with van der Waals surface area (Å²) in [4.78, 5) is 22.7. The first-order valence-electron chi connectivity index (χ1n) is 12.9. The summed E-state index contributed by atoms with van der Waals surface area (Å²) in [6, 6.07) is 19.9. The lowest BCUT2D eigenvalue weighted by atomic mass is 10.2. The van der Waals surface area contributed by atoms with Gasteiger partial charge < -0.3 is 4.90 Å². The van der Waals surface area contributed by atoms with Gasteiger partial charge in [0.2, 0.25) is 0 Å². The van der Waals surface area contributed by atoms with Gasteiger partial charge in [-0.05, 0) is 80.0 Å². The van der Waals surface area contributed by atoms with E-state index in [1.54, 1.807) is 17.0 Å². The standard InChI is InChI=1S/C29H32N4O3S2/c1-4-31(5-2)18-19-32(29-30-25-15-10-21(3)20-27(25)37-29)28(34)23-11-13-24(14-12-23)38(35,36)33-17-16-22-8-6-7-9-26(22)33/h6-15,20H,4-5,16-19H2,1-3H3. The first-order valence-corrected chi connectivity index (χ1v) is 15.2. The third-order valence-corrected chi connectivity index (χ3v) is 9.95. The third-order valence-electron chi connectivity index (χ3n) is 7.08. The number of benzene rings is 3. The van der Waals surface area contributed by atoms with Gasteiger partial charge in [0.05, 0.1) is 20.8 Å². The van der Waals surface area contributed by atoms with E-state index in [2.05, 4.69) is 24.8 Å².